The van der Waals surface area contributed by atoms with Gasteiger partial charge in [0, 0.05) is 0 Å². The zero-order valence-electron chi connectivity index (χ0n) is 9.36. The fourth-order valence-corrected chi connectivity index (χ4v) is 2.91. The zero-order valence-corrected chi connectivity index (χ0v) is 14.2. The summed E-state index contributed by atoms with van der Waals surface area (Å²) in [5.41, 5.74) is 0. The van der Waals surface area contributed by atoms with Gasteiger partial charge in [-0.3, -0.25) is 4.79 Å². The maximum Gasteiger partial charge on any atom is 0.341 e. The Morgan fingerprint density at radius 1 is 1.25 bits per heavy atom. The summed E-state index contributed by atoms with van der Waals surface area (Å²) in [6.07, 6.45) is 2.60. The van der Waals surface area contributed by atoms with Crippen LogP contribution < -0.4 is 0 Å². The molecule has 16 heavy (non-hydrogen) atoms. The molecule has 96 valence electrons. The Balaban J connectivity index is 3.45. The molecule has 0 aromatic rings. The van der Waals surface area contributed by atoms with Gasteiger partial charge in [-0.05, 0) is 26.3 Å². The summed E-state index contributed by atoms with van der Waals surface area (Å²) in [4.78, 5) is 11.3. The van der Waals surface area contributed by atoms with Crippen LogP contribution in [0.15, 0.2) is 0 Å². The third-order valence-corrected chi connectivity index (χ3v) is 4.77. The van der Waals surface area contributed by atoms with Crippen molar-refractivity contribution in [3.8, 4) is 0 Å². The van der Waals surface area contributed by atoms with Crippen molar-refractivity contribution >= 4 is 61.1 Å². The Kier molecular flexibility index (Phi) is 7.95. The average molecular weight is 371 g/mol. The quantitative estimate of drug-likeness (QED) is 0.216. The first kappa shape index (κ1) is 17.0. The van der Waals surface area contributed by atoms with Crippen LogP contribution in [0.1, 0.15) is 33.1 Å². The number of halogens is 4. The van der Waals surface area contributed by atoms with Crippen molar-refractivity contribution < 1.29 is 9.53 Å². The van der Waals surface area contributed by atoms with Gasteiger partial charge in [-0.25, -0.2) is 0 Å². The summed E-state index contributed by atoms with van der Waals surface area (Å²) >= 11 is 20.4. The van der Waals surface area contributed by atoms with Crippen LogP contribution >= 0.6 is 49.2 Å². The standard InChI is InChI=1S/C9H16BrCl3O2Si/c1-9(2,10)8(14)15-6-4-3-5-7-16(11,12)13/h3-7H2,1-2H3. The molecule has 0 heterocycles. The number of carbonyl (C=O) groups excluding carboxylic acids is 1. The van der Waals surface area contributed by atoms with E-state index in [0.717, 1.165) is 19.3 Å². The van der Waals surface area contributed by atoms with E-state index in [1.165, 1.54) is 0 Å². The lowest BCUT2D eigenvalue weighted by molar-refractivity contribution is -0.145. The molecule has 0 fully saturated rings. The minimum atomic E-state index is -2.47. The third kappa shape index (κ3) is 10.2. The molecule has 0 atom stereocenters. The van der Waals surface area contributed by atoms with Crippen LogP contribution in [0.3, 0.4) is 0 Å². The number of alkyl halides is 1. The number of rotatable bonds is 7. The van der Waals surface area contributed by atoms with E-state index in [2.05, 4.69) is 15.9 Å². The molecule has 7 heteroatoms. The van der Waals surface area contributed by atoms with Gasteiger partial charge in [-0.2, -0.15) is 0 Å². The molecule has 0 spiro atoms. The molecule has 0 radical (unpaired) electrons. The summed E-state index contributed by atoms with van der Waals surface area (Å²) < 4.78 is 4.45. The minimum absolute atomic E-state index is 0.247. The third-order valence-electron chi connectivity index (χ3n) is 1.82. The molecule has 2 nitrogen and oxygen atoms in total. The maximum atomic E-state index is 11.3. The number of ether oxygens (including phenoxy) is 1. The van der Waals surface area contributed by atoms with Crippen molar-refractivity contribution in [2.45, 2.75) is 43.5 Å². The topological polar surface area (TPSA) is 26.3 Å². The fourth-order valence-electron chi connectivity index (χ4n) is 0.941. The van der Waals surface area contributed by atoms with Gasteiger partial charge in [-0.15, -0.1) is 33.2 Å². The van der Waals surface area contributed by atoms with E-state index in [0.29, 0.717) is 12.7 Å². The van der Waals surface area contributed by atoms with Gasteiger partial charge in [0.15, 0.2) is 0 Å². The minimum Gasteiger partial charge on any atom is -0.465 e. The van der Waals surface area contributed by atoms with E-state index in [9.17, 15) is 4.79 Å². The lowest BCUT2D eigenvalue weighted by Crippen LogP contribution is -2.26. The number of carbonyl (C=O) groups is 1. The van der Waals surface area contributed by atoms with Gasteiger partial charge >= 0.3 is 12.0 Å². The molecule has 0 saturated carbocycles. The fraction of sp³-hybridized carbons (Fsp3) is 0.889. The van der Waals surface area contributed by atoms with E-state index < -0.39 is 10.3 Å². The Labute approximate surface area is 120 Å². The number of unbranched alkanes of at least 4 members (excludes halogenated alkanes) is 2. The van der Waals surface area contributed by atoms with Gasteiger partial charge in [0.25, 0.3) is 0 Å². The van der Waals surface area contributed by atoms with Crippen molar-refractivity contribution in [2.24, 2.45) is 0 Å². The van der Waals surface area contributed by atoms with E-state index in [4.69, 9.17) is 38.0 Å². The van der Waals surface area contributed by atoms with Crippen LogP contribution in [0.2, 0.25) is 6.04 Å². The molecule has 0 aliphatic rings. The molecule has 0 aromatic heterocycles. The smallest absolute Gasteiger partial charge is 0.341 e. The molecule has 0 aliphatic heterocycles. The lowest BCUT2D eigenvalue weighted by atomic mass is 10.2. The van der Waals surface area contributed by atoms with Crippen molar-refractivity contribution in [2.75, 3.05) is 6.61 Å². The first-order chi connectivity index (χ1) is 7.13. The second-order valence-corrected chi connectivity index (χ2v) is 15.3. The Bertz CT molecular complexity index is 226. The highest BCUT2D eigenvalue weighted by atomic mass is 79.9. The average Bonchev–Trinajstić information content (AvgIpc) is 2.07. The number of hydrogen-bond acceptors (Lipinski definition) is 2. The highest BCUT2D eigenvalue weighted by Crippen LogP contribution is 2.27. The first-order valence-corrected chi connectivity index (χ1v) is 11.1. The summed E-state index contributed by atoms with van der Waals surface area (Å²) in [5.74, 6) is -0.247. The number of hydrogen-bond donors (Lipinski definition) is 0. The Morgan fingerprint density at radius 3 is 2.25 bits per heavy atom. The van der Waals surface area contributed by atoms with Crippen LogP contribution in [0, 0.1) is 0 Å². The van der Waals surface area contributed by atoms with Gasteiger partial charge < -0.3 is 4.74 Å². The lowest BCUT2D eigenvalue weighted by Gasteiger charge is -2.14. The summed E-state index contributed by atoms with van der Waals surface area (Å²) in [5, 5.41) is 0. The second-order valence-electron chi connectivity index (χ2n) is 4.03. The summed E-state index contributed by atoms with van der Waals surface area (Å²) in [6, 6.07) is -1.81. The molecule has 0 N–H and O–H groups in total. The van der Waals surface area contributed by atoms with Gasteiger partial charge in [-0.1, -0.05) is 28.8 Å². The summed E-state index contributed by atoms with van der Waals surface area (Å²) in [7, 11) is 0. The molecule has 0 unspecified atom stereocenters. The first-order valence-electron chi connectivity index (χ1n) is 5.06. The molecule has 0 saturated heterocycles. The van der Waals surface area contributed by atoms with E-state index in [-0.39, 0.29) is 5.97 Å². The molecule has 0 rings (SSSR count). The highest BCUT2D eigenvalue weighted by molar-refractivity contribution is 9.10. The zero-order chi connectivity index (χ0) is 12.8. The van der Waals surface area contributed by atoms with E-state index in [1.807, 2.05) is 0 Å². The van der Waals surface area contributed by atoms with E-state index in [1.54, 1.807) is 13.8 Å². The van der Waals surface area contributed by atoms with Gasteiger partial charge in [0.2, 0.25) is 0 Å². The van der Waals surface area contributed by atoms with Crippen LogP contribution in [0.4, 0.5) is 0 Å². The highest BCUT2D eigenvalue weighted by Gasteiger charge is 2.25. The molecular formula is C9H16BrCl3O2Si. The largest absolute Gasteiger partial charge is 0.465 e. The van der Waals surface area contributed by atoms with Crippen molar-refractivity contribution in [3.05, 3.63) is 0 Å². The predicted molar refractivity (Wildman–Crippen MR) is 75.9 cm³/mol. The normalized spacial score (nSPS) is 12.6. The predicted octanol–water partition coefficient (Wildman–Crippen LogP) is 4.53. The van der Waals surface area contributed by atoms with Crippen LogP contribution in [-0.2, 0) is 9.53 Å². The SMILES string of the molecule is CC(C)(Br)C(=O)OCCCCC[Si](Cl)(Cl)Cl. The van der Waals surface area contributed by atoms with Crippen molar-refractivity contribution in [3.63, 3.8) is 0 Å². The van der Waals surface area contributed by atoms with E-state index >= 15 is 0 Å². The van der Waals surface area contributed by atoms with Crippen LogP contribution in [0.5, 0.6) is 0 Å². The van der Waals surface area contributed by atoms with Crippen molar-refractivity contribution in [1.82, 2.24) is 0 Å². The number of esters is 1. The van der Waals surface area contributed by atoms with Gasteiger partial charge in [0.1, 0.15) is 4.32 Å². The van der Waals surface area contributed by atoms with Crippen LogP contribution in [-0.4, -0.2) is 22.9 Å². The summed E-state index contributed by atoms with van der Waals surface area (Å²) in [6.45, 7) is 3.93. The molecule has 0 aromatic carbocycles. The molecule has 0 aliphatic carbocycles. The maximum absolute atomic E-state index is 11.3. The molecule has 0 amide bonds. The monoisotopic (exact) mass is 368 g/mol. The Morgan fingerprint density at radius 2 is 1.81 bits per heavy atom. The van der Waals surface area contributed by atoms with Gasteiger partial charge in [0.05, 0.1) is 6.61 Å². The Hall–Kier alpha value is 1.04. The van der Waals surface area contributed by atoms with Crippen LogP contribution in [0.25, 0.3) is 0 Å². The van der Waals surface area contributed by atoms with Crippen molar-refractivity contribution in [1.29, 1.82) is 0 Å². The molecular weight excluding hydrogens is 354 g/mol. The molecule has 0 bridgehead atoms. The second kappa shape index (κ2) is 7.47.